The minimum absolute atomic E-state index is 0.0861. The first-order chi connectivity index (χ1) is 21.5. The fraction of sp³-hybridized carbons (Fsp3) is 0.125. The van der Waals surface area contributed by atoms with Crippen LogP contribution < -0.4 is 18.9 Å². The van der Waals surface area contributed by atoms with E-state index >= 15 is 0 Å². The number of hydrogen-bond acceptors (Lipinski definition) is 10. The first-order valence-corrected chi connectivity index (χ1v) is 13.2. The van der Waals surface area contributed by atoms with Gasteiger partial charge in [0.05, 0.1) is 62.3 Å². The predicted octanol–water partition coefficient (Wildman–Crippen LogP) is 5.89. The maximum absolute atomic E-state index is 5.79. The molecule has 1 heterocycles. The molecule has 0 amide bonds. The maximum atomic E-state index is 5.79. The van der Waals surface area contributed by atoms with E-state index in [0.717, 1.165) is 0 Å². The highest BCUT2D eigenvalue weighted by molar-refractivity contribution is 6.15. The zero-order chi connectivity index (χ0) is 31.1. The van der Waals surface area contributed by atoms with Crippen molar-refractivity contribution in [2.45, 2.75) is 0 Å². The molecule has 0 saturated carbocycles. The second kappa shape index (κ2) is 13.6. The molecule has 4 radical (unpaired) electrons. The van der Waals surface area contributed by atoms with Crippen LogP contribution in [0.25, 0.3) is 0 Å². The Labute approximate surface area is 257 Å². The van der Waals surface area contributed by atoms with Gasteiger partial charge < -0.3 is 28.3 Å². The number of benzene rings is 4. The van der Waals surface area contributed by atoms with Gasteiger partial charge in [-0.2, -0.15) is 0 Å². The Balaban J connectivity index is 1.85. The summed E-state index contributed by atoms with van der Waals surface area (Å²) in [6.45, 7) is 0. The molecule has 0 unspecified atom stereocenters. The number of ether oxygens (including phenoxy) is 4. The molecule has 44 heavy (non-hydrogen) atoms. The lowest BCUT2D eigenvalue weighted by molar-refractivity contribution is 0.355. The Morgan fingerprint density at radius 3 is 1.20 bits per heavy atom. The van der Waals surface area contributed by atoms with Gasteiger partial charge in [-0.05, 0) is 24.3 Å². The smallest absolute Gasteiger partial charge is 0.376 e. The van der Waals surface area contributed by atoms with Gasteiger partial charge in [0.15, 0.2) is 23.0 Å². The van der Waals surface area contributed by atoms with Gasteiger partial charge in [0.1, 0.15) is 0 Å². The lowest BCUT2D eigenvalue weighted by Gasteiger charge is -2.15. The molecule has 216 valence electrons. The van der Waals surface area contributed by atoms with Gasteiger partial charge in [0.2, 0.25) is 11.8 Å². The highest BCUT2D eigenvalue weighted by atomic mass is 16.5. The third-order valence-electron chi connectivity index (χ3n) is 6.69. The Hall–Kier alpha value is -5.51. The summed E-state index contributed by atoms with van der Waals surface area (Å²) < 4.78 is 32.8. The van der Waals surface area contributed by atoms with Crippen LogP contribution in [0.2, 0.25) is 0 Å². The topological polar surface area (TPSA) is 105 Å². The second-order valence-corrected chi connectivity index (χ2v) is 9.15. The van der Waals surface area contributed by atoms with Crippen LogP contribution >= 0.6 is 0 Å². The molecule has 1 aliphatic rings. The molecule has 0 saturated heterocycles. The van der Waals surface area contributed by atoms with Crippen molar-refractivity contribution in [2.75, 3.05) is 28.4 Å². The van der Waals surface area contributed by atoms with E-state index in [2.05, 4.69) is 0 Å². The number of rotatable bonds is 4. The summed E-state index contributed by atoms with van der Waals surface area (Å²) >= 11 is 0. The number of hydrogen-bond donors (Lipinski definition) is 0. The zero-order valence-electron chi connectivity index (χ0n) is 24.5. The first kappa shape index (κ1) is 30.0. The molecule has 0 bridgehead atoms. The monoisotopic (exact) mass is 584 g/mol. The average Bonchev–Trinajstić information content (AvgIpc) is 3.07. The summed E-state index contributed by atoms with van der Waals surface area (Å²) in [7, 11) is 17.7. The molecule has 0 atom stereocenters. The van der Waals surface area contributed by atoms with Crippen molar-refractivity contribution in [1.29, 1.82) is 0 Å². The third-order valence-corrected chi connectivity index (χ3v) is 6.69. The van der Waals surface area contributed by atoms with E-state index in [1.807, 2.05) is 36.4 Å². The lowest BCUT2D eigenvalue weighted by atomic mass is 10.1. The number of para-hydroxylation sites is 2. The van der Waals surface area contributed by atoms with Crippen LogP contribution in [0.3, 0.4) is 0 Å². The summed E-state index contributed by atoms with van der Waals surface area (Å²) in [4.78, 5) is 19.0. The minimum Gasteiger partial charge on any atom is -0.554 e. The average molecular weight is 584 g/mol. The molecule has 10 nitrogen and oxygen atoms in total. The minimum atomic E-state index is 0.0861. The molecule has 0 aromatic heterocycles. The molecule has 1 aliphatic heterocycles. The molecular weight excluding hydrogens is 558 g/mol. The van der Waals surface area contributed by atoms with Crippen molar-refractivity contribution in [2.24, 2.45) is 20.0 Å². The van der Waals surface area contributed by atoms with Crippen molar-refractivity contribution >= 4 is 63.1 Å². The normalized spacial score (nSPS) is 12.4. The summed E-state index contributed by atoms with van der Waals surface area (Å²) in [5.74, 6) is 1.95. The zero-order valence-corrected chi connectivity index (χ0v) is 24.5. The summed E-state index contributed by atoms with van der Waals surface area (Å²) in [5, 5.41) is 0. The van der Waals surface area contributed by atoms with Crippen LogP contribution in [-0.2, 0) is 9.31 Å². The maximum Gasteiger partial charge on any atom is 0.376 e. The van der Waals surface area contributed by atoms with E-state index in [1.54, 1.807) is 48.8 Å². The van der Waals surface area contributed by atoms with E-state index in [-0.39, 0.29) is 11.8 Å². The Morgan fingerprint density at radius 1 is 0.477 bits per heavy atom. The molecule has 4 aromatic rings. The van der Waals surface area contributed by atoms with Gasteiger partial charge in [-0.1, -0.05) is 36.4 Å². The molecule has 0 N–H and O–H groups in total. The Morgan fingerprint density at radius 2 is 0.841 bits per heavy atom. The largest absolute Gasteiger partial charge is 0.554 e. The van der Waals surface area contributed by atoms with E-state index in [4.69, 9.17) is 64.3 Å². The second-order valence-electron chi connectivity index (χ2n) is 9.15. The van der Waals surface area contributed by atoms with Crippen molar-refractivity contribution in [3.63, 3.8) is 0 Å². The molecule has 12 heteroatoms. The SMILES string of the molecule is [B]OC1=Nc2ccccc2C=Nc2cc(OC)c(OC)cc2C(O[B])=Nc2ccccc2C=Nc2cc(OC)c(OC)cc21. The van der Waals surface area contributed by atoms with Gasteiger partial charge in [-0.15, -0.1) is 0 Å². The highest BCUT2D eigenvalue weighted by Gasteiger charge is 2.19. The molecule has 0 fully saturated rings. The Bertz CT molecular complexity index is 1670. The number of aliphatic imine (C=N–C) groups is 4. The van der Waals surface area contributed by atoms with Crippen LogP contribution in [0.15, 0.2) is 92.8 Å². The molecule has 4 aromatic carbocycles. The van der Waals surface area contributed by atoms with Gasteiger partial charge in [-0.25, -0.2) is 9.98 Å². The van der Waals surface area contributed by atoms with Crippen molar-refractivity contribution in [3.05, 3.63) is 95.1 Å². The van der Waals surface area contributed by atoms with Gasteiger partial charge in [0, 0.05) is 35.7 Å². The van der Waals surface area contributed by atoms with Gasteiger partial charge in [-0.3, -0.25) is 9.98 Å². The van der Waals surface area contributed by atoms with Crippen LogP contribution in [0.4, 0.5) is 22.7 Å². The fourth-order valence-electron chi connectivity index (χ4n) is 4.49. The standard InChI is InChI=1S/C32H26B2N4O6/c1-39-27-13-21-25(15-29(27)41-3)35-17-19-9-6-8-12-24(19)38-32(44-34)22-14-28(40-2)30(42-4)16-26(22)36-18-20-10-5-7-11-23(20)37-31(21)43-33/h5-18H,1-4H3. The predicted molar refractivity (Wildman–Crippen MR) is 173 cm³/mol. The molecule has 0 aliphatic carbocycles. The van der Waals surface area contributed by atoms with Crippen molar-refractivity contribution in [3.8, 4) is 23.0 Å². The lowest BCUT2D eigenvalue weighted by Crippen LogP contribution is -2.07. The molecular formula is C32H26B2N4O6. The number of nitrogens with zero attached hydrogens (tertiary/aromatic N) is 4. The third kappa shape index (κ3) is 6.14. The summed E-state index contributed by atoms with van der Waals surface area (Å²) in [6.07, 6.45) is 3.28. The summed E-state index contributed by atoms with van der Waals surface area (Å²) in [5.41, 5.74) is 4.14. The number of fused-ring (bicyclic) bond motifs is 4. The Kier molecular flexibility index (Phi) is 9.29. The van der Waals surface area contributed by atoms with E-state index in [0.29, 0.717) is 68.0 Å². The quantitative estimate of drug-likeness (QED) is 0.277. The molecule has 5 rings (SSSR count). The van der Waals surface area contributed by atoms with Gasteiger partial charge >= 0.3 is 16.1 Å². The first-order valence-electron chi connectivity index (χ1n) is 13.2. The highest BCUT2D eigenvalue weighted by Crippen LogP contribution is 2.38. The van der Waals surface area contributed by atoms with Crippen LogP contribution in [0, 0.1) is 0 Å². The summed E-state index contributed by atoms with van der Waals surface area (Å²) in [6, 6.07) is 21.5. The van der Waals surface area contributed by atoms with Crippen LogP contribution in [0.1, 0.15) is 22.3 Å². The van der Waals surface area contributed by atoms with E-state index in [1.165, 1.54) is 28.4 Å². The van der Waals surface area contributed by atoms with Gasteiger partial charge in [0.25, 0.3) is 0 Å². The van der Waals surface area contributed by atoms with Crippen molar-refractivity contribution in [1.82, 2.24) is 0 Å². The fourth-order valence-corrected chi connectivity index (χ4v) is 4.49. The van der Waals surface area contributed by atoms with E-state index in [9.17, 15) is 0 Å². The van der Waals surface area contributed by atoms with Crippen LogP contribution in [-0.4, -0.2) is 68.8 Å². The number of methoxy groups -OCH3 is 4. The molecule has 0 spiro atoms. The van der Waals surface area contributed by atoms with Crippen LogP contribution in [0.5, 0.6) is 23.0 Å². The van der Waals surface area contributed by atoms with Crippen molar-refractivity contribution < 1.29 is 28.3 Å². The van der Waals surface area contributed by atoms with E-state index < -0.39 is 0 Å².